The van der Waals surface area contributed by atoms with Gasteiger partial charge in [0.1, 0.15) is 5.75 Å². The van der Waals surface area contributed by atoms with Gasteiger partial charge in [0.25, 0.3) is 0 Å². The first-order valence-electron chi connectivity index (χ1n) is 5.59. The summed E-state index contributed by atoms with van der Waals surface area (Å²) in [5.41, 5.74) is 0.664. The van der Waals surface area contributed by atoms with E-state index in [0.717, 1.165) is 0 Å². The molecule has 0 spiro atoms. The normalized spacial score (nSPS) is 13.1. The number of aliphatic hydroxyl groups excluding tert-OH is 2. The molecule has 1 rings (SSSR count). The van der Waals surface area contributed by atoms with E-state index < -0.39 is 22.7 Å². The van der Waals surface area contributed by atoms with Gasteiger partial charge in [-0.25, -0.2) is 13.1 Å². The summed E-state index contributed by atoms with van der Waals surface area (Å²) in [6.45, 7) is -0.764. The third-order valence-corrected chi connectivity index (χ3v) is 3.89. The molecule has 0 amide bonds. The number of methoxy groups -OCH3 is 1. The van der Waals surface area contributed by atoms with Crippen molar-refractivity contribution in [1.29, 1.82) is 0 Å². The highest BCUT2D eigenvalue weighted by atomic mass is 32.2. The Bertz CT molecular complexity index is 518. The second kappa shape index (κ2) is 6.71. The second-order valence-corrected chi connectivity index (χ2v) is 5.57. The van der Waals surface area contributed by atoms with Gasteiger partial charge in [0.2, 0.25) is 10.0 Å². The summed E-state index contributed by atoms with van der Waals surface area (Å²) in [5, 5.41) is 20.7. The smallest absolute Gasteiger partial charge is 0.240 e. The van der Waals surface area contributed by atoms with Crippen LogP contribution < -0.4 is 14.8 Å². The van der Waals surface area contributed by atoms with Gasteiger partial charge >= 0.3 is 0 Å². The third kappa shape index (κ3) is 4.06. The van der Waals surface area contributed by atoms with E-state index in [1.54, 1.807) is 13.1 Å². The lowest BCUT2D eigenvalue weighted by Crippen LogP contribution is -2.33. The third-order valence-electron chi connectivity index (χ3n) is 2.47. The first-order chi connectivity index (χ1) is 8.94. The lowest BCUT2D eigenvalue weighted by molar-refractivity contribution is 0.0988. The van der Waals surface area contributed by atoms with Crippen LogP contribution in [0.15, 0.2) is 23.1 Å². The Morgan fingerprint density at radius 2 is 2.11 bits per heavy atom. The number of hydrogen-bond donors (Lipinski definition) is 4. The van der Waals surface area contributed by atoms with Crippen molar-refractivity contribution in [1.82, 2.24) is 4.72 Å². The van der Waals surface area contributed by atoms with E-state index in [-0.39, 0.29) is 11.4 Å². The SMILES string of the molecule is CNc1ccc(S(=O)(=O)NCC(O)CO)cc1OC. The van der Waals surface area contributed by atoms with Crippen molar-refractivity contribution in [3.05, 3.63) is 18.2 Å². The minimum absolute atomic E-state index is 0.0217. The quantitative estimate of drug-likeness (QED) is 0.532. The maximum atomic E-state index is 11.9. The summed E-state index contributed by atoms with van der Waals surface area (Å²) >= 11 is 0. The highest BCUT2D eigenvalue weighted by Gasteiger charge is 2.17. The molecule has 0 heterocycles. The van der Waals surface area contributed by atoms with E-state index in [9.17, 15) is 8.42 Å². The molecule has 0 aliphatic rings. The zero-order valence-electron chi connectivity index (χ0n) is 10.8. The van der Waals surface area contributed by atoms with E-state index in [4.69, 9.17) is 14.9 Å². The van der Waals surface area contributed by atoms with Crippen LogP contribution in [-0.2, 0) is 10.0 Å². The van der Waals surface area contributed by atoms with E-state index in [1.807, 2.05) is 0 Å². The lowest BCUT2D eigenvalue weighted by atomic mass is 10.3. The molecule has 0 aromatic heterocycles. The predicted octanol–water partition coefficient (Wildman–Crippen LogP) is -0.632. The van der Waals surface area contributed by atoms with Crippen LogP contribution in [0.25, 0.3) is 0 Å². The Kier molecular flexibility index (Phi) is 5.55. The van der Waals surface area contributed by atoms with E-state index in [2.05, 4.69) is 10.0 Å². The van der Waals surface area contributed by atoms with Crippen LogP contribution in [0.2, 0.25) is 0 Å². The second-order valence-electron chi connectivity index (χ2n) is 3.80. The molecule has 1 aromatic rings. The fraction of sp³-hybridized carbons (Fsp3) is 0.455. The average molecular weight is 290 g/mol. The van der Waals surface area contributed by atoms with Crippen LogP contribution >= 0.6 is 0 Å². The molecule has 0 bridgehead atoms. The summed E-state index contributed by atoms with van der Waals surface area (Å²) in [6.07, 6.45) is -1.13. The topological polar surface area (TPSA) is 108 Å². The Morgan fingerprint density at radius 3 is 2.63 bits per heavy atom. The van der Waals surface area contributed by atoms with Crippen LogP contribution in [-0.4, -0.2) is 52.0 Å². The minimum Gasteiger partial charge on any atom is -0.495 e. The number of anilines is 1. The monoisotopic (exact) mass is 290 g/mol. The highest BCUT2D eigenvalue weighted by molar-refractivity contribution is 7.89. The molecule has 0 aliphatic heterocycles. The molecule has 0 saturated carbocycles. The fourth-order valence-electron chi connectivity index (χ4n) is 1.40. The molecule has 0 fully saturated rings. The molecule has 8 heteroatoms. The summed E-state index contributed by atoms with van der Waals surface area (Å²) in [4.78, 5) is 0.0217. The molecule has 0 aliphatic carbocycles. The predicted molar refractivity (Wildman–Crippen MR) is 70.8 cm³/mol. The Morgan fingerprint density at radius 1 is 1.42 bits per heavy atom. The number of nitrogens with one attached hydrogen (secondary N) is 2. The van der Waals surface area contributed by atoms with Crippen molar-refractivity contribution in [3.63, 3.8) is 0 Å². The summed E-state index contributed by atoms with van der Waals surface area (Å²) < 4.78 is 31.2. The molecule has 1 atom stereocenters. The van der Waals surface area contributed by atoms with E-state index in [0.29, 0.717) is 11.4 Å². The molecular weight excluding hydrogens is 272 g/mol. The molecule has 4 N–H and O–H groups in total. The zero-order chi connectivity index (χ0) is 14.5. The van der Waals surface area contributed by atoms with Gasteiger partial charge in [-0.1, -0.05) is 0 Å². The van der Waals surface area contributed by atoms with Gasteiger partial charge in [0.15, 0.2) is 0 Å². The summed E-state index contributed by atoms with van der Waals surface area (Å²) in [7, 11) is -0.616. The molecule has 7 nitrogen and oxygen atoms in total. The Hall–Kier alpha value is -1.35. The van der Waals surface area contributed by atoms with Crippen LogP contribution in [0.3, 0.4) is 0 Å². The van der Waals surface area contributed by atoms with Crippen LogP contribution in [0.4, 0.5) is 5.69 Å². The average Bonchev–Trinajstić information content (AvgIpc) is 2.43. The van der Waals surface area contributed by atoms with E-state index >= 15 is 0 Å². The Balaban J connectivity index is 2.95. The van der Waals surface area contributed by atoms with Crippen molar-refractivity contribution >= 4 is 15.7 Å². The van der Waals surface area contributed by atoms with Crippen LogP contribution in [0, 0.1) is 0 Å². The summed E-state index contributed by atoms with van der Waals surface area (Å²) in [6, 6.07) is 4.37. The molecule has 108 valence electrons. The van der Waals surface area contributed by atoms with Gasteiger partial charge in [0.05, 0.1) is 30.4 Å². The van der Waals surface area contributed by atoms with Gasteiger partial charge in [-0.15, -0.1) is 0 Å². The summed E-state index contributed by atoms with van der Waals surface area (Å²) in [5.74, 6) is 0.396. The maximum absolute atomic E-state index is 11.9. The van der Waals surface area contributed by atoms with Gasteiger partial charge < -0.3 is 20.3 Å². The zero-order valence-corrected chi connectivity index (χ0v) is 11.6. The molecular formula is C11H18N2O5S. The minimum atomic E-state index is -3.75. The molecule has 0 saturated heterocycles. The van der Waals surface area contributed by atoms with Gasteiger partial charge in [-0.05, 0) is 12.1 Å². The number of hydrogen-bond acceptors (Lipinski definition) is 6. The molecule has 0 radical (unpaired) electrons. The van der Waals surface area contributed by atoms with Gasteiger partial charge in [-0.2, -0.15) is 0 Å². The van der Waals surface area contributed by atoms with Crippen molar-refractivity contribution in [2.75, 3.05) is 32.6 Å². The first-order valence-corrected chi connectivity index (χ1v) is 7.07. The molecule has 1 unspecified atom stereocenters. The lowest BCUT2D eigenvalue weighted by Gasteiger charge is -2.12. The van der Waals surface area contributed by atoms with Crippen molar-refractivity contribution < 1.29 is 23.4 Å². The molecule has 1 aromatic carbocycles. The Labute approximate surface area is 112 Å². The standard InChI is InChI=1S/C11H18N2O5S/c1-12-10-4-3-9(5-11(10)18-2)19(16,17)13-6-8(15)7-14/h3-5,8,12-15H,6-7H2,1-2H3. The number of benzene rings is 1. The first kappa shape index (κ1) is 15.7. The number of sulfonamides is 1. The van der Waals surface area contributed by atoms with Crippen LogP contribution in [0.1, 0.15) is 0 Å². The van der Waals surface area contributed by atoms with Gasteiger partial charge in [0, 0.05) is 19.7 Å². The fourth-order valence-corrected chi connectivity index (χ4v) is 2.49. The van der Waals surface area contributed by atoms with Crippen molar-refractivity contribution in [2.45, 2.75) is 11.0 Å². The molecule has 19 heavy (non-hydrogen) atoms. The maximum Gasteiger partial charge on any atom is 0.240 e. The number of aliphatic hydroxyl groups is 2. The van der Waals surface area contributed by atoms with Gasteiger partial charge in [-0.3, -0.25) is 0 Å². The number of ether oxygens (including phenoxy) is 1. The van der Waals surface area contributed by atoms with Crippen LogP contribution in [0.5, 0.6) is 5.75 Å². The van der Waals surface area contributed by atoms with Crippen molar-refractivity contribution in [2.24, 2.45) is 0 Å². The number of rotatable bonds is 7. The highest BCUT2D eigenvalue weighted by Crippen LogP contribution is 2.26. The van der Waals surface area contributed by atoms with Crippen molar-refractivity contribution in [3.8, 4) is 5.75 Å². The van der Waals surface area contributed by atoms with E-state index in [1.165, 1.54) is 19.2 Å². The largest absolute Gasteiger partial charge is 0.495 e.